The van der Waals surface area contributed by atoms with Crippen LogP contribution in [-0.2, 0) is 0 Å². The summed E-state index contributed by atoms with van der Waals surface area (Å²) >= 11 is 3.42. The van der Waals surface area contributed by atoms with Crippen molar-refractivity contribution in [2.75, 3.05) is 32.4 Å². The zero-order valence-corrected chi connectivity index (χ0v) is 13.0. The average Bonchev–Trinajstić information content (AvgIpc) is 2.53. The number of hydrogen-bond donors (Lipinski definition) is 1. The van der Waals surface area contributed by atoms with Crippen molar-refractivity contribution in [3.63, 3.8) is 0 Å². The molecule has 1 aliphatic rings. The number of likely N-dealkylation sites (N-methyl/N-ethyl adjacent to an activating group) is 1. The molecule has 0 spiro atoms. The van der Waals surface area contributed by atoms with Crippen molar-refractivity contribution in [3.05, 3.63) is 28.2 Å². The molecule has 2 N–H and O–H groups in total. The van der Waals surface area contributed by atoms with Gasteiger partial charge < -0.3 is 15.5 Å². The fourth-order valence-electron chi connectivity index (χ4n) is 2.54. The van der Waals surface area contributed by atoms with Crippen LogP contribution in [-0.4, -0.2) is 48.4 Å². The molecule has 0 aromatic heterocycles. The van der Waals surface area contributed by atoms with E-state index in [1.807, 2.05) is 17.0 Å². The van der Waals surface area contributed by atoms with Gasteiger partial charge in [-0.25, -0.2) is 0 Å². The fraction of sp³-hybridized carbons (Fsp3) is 0.500. The van der Waals surface area contributed by atoms with Gasteiger partial charge in [0.25, 0.3) is 5.91 Å². The van der Waals surface area contributed by atoms with Gasteiger partial charge >= 0.3 is 0 Å². The molecule has 0 saturated carbocycles. The van der Waals surface area contributed by atoms with Crippen molar-refractivity contribution in [2.24, 2.45) is 0 Å². The molecule has 0 bridgehead atoms. The van der Waals surface area contributed by atoms with E-state index in [2.05, 4.69) is 34.8 Å². The summed E-state index contributed by atoms with van der Waals surface area (Å²) in [4.78, 5) is 16.9. The van der Waals surface area contributed by atoms with Crippen LogP contribution >= 0.6 is 15.9 Å². The number of nitrogens with zero attached hydrogens (tertiary/aromatic N) is 2. The van der Waals surface area contributed by atoms with Crippen LogP contribution in [0.3, 0.4) is 0 Å². The summed E-state index contributed by atoms with van der Waals surface area (Å²) in [5, 5.41) is 0. The number of amides is 1. The summed E-state index contributed by atoms with van der Waals surface area (Å²) < 4.78 is 0.699. The number of halogens is 1. The van der Waals surface area contributed by atoms with Gasteiger partial charge in [-0.15, -0.1) is 0 Å². The highest BCUT2D eigenvalue weighted by Crippen LogP contribution is 2.26. The van der Waals surface area contributed by atoms with E-state index in [1.54, 1.807) is 6.07 Å². The second-order valence-corrected chi connectivity index (χ2v) is 5.97. The molecule has 1 atom stereocenters. The maximum Gasteiger partial charge on any atom is 0.255 e. The van der Waals surface area contributed by atoms with E-state index in [-0.39, 0.29) is 11.9 Å². The lowest BCUT2D eigenvalue weighted by molar-refractivity contribution is 0.0695. The molecule has 5 heteroatoms. The molecule has 1 heterocycles. The zero-order valence-electron chi connectivity index (χ0n) is 11.4. The first-order valence-corrected chi connectivity index (χ1v) is 7.33. The highest BCUT2D eigenvalue weighted by Gasteiger charge is 2.26. The second-order valence-electron chi connectivity index (χ2n) is 5.17. The molecule has 1 fully saturated rings. The molecule has 1 aromatic carbocycles. The summed E-state index contributed by atoms with van der Waals surface area (Å²) in [7, 11) is 2.10. The minimum absolute atomic E-state index is 0.0574. The molecule has 0 aliphatic carbocycles. The summed E-state index contributed by atoms with van der Waals surface area (Å²) in [5.41, 5.74) is 7.10. The molecular weight excluding hydrogens is 306 g/mol. The van der Waals surface area contributed by atoms with Gasteiger partial charge in [-0.2, -0.15) is 0 Å². The number of nitrogen functional groups attached to an aromatic ring is 1. The number of nitrogens with two attached hydrogens (primary N) is 1. The first-order chi connectivity index (χ1) is 9.00. The smallest absolute Gasteiger partial charge is 0.255 e. The van der Waals surface area contributed by atoms with Crippen LogP contribution in [0.4, 0.5) is 5.69 Å². The van der Waals surface area contributed by atoms with Gasteiger partial charge in [-0.3, -0.25) is 4.79 Å². The molecule has 4 nitrogen and oxygen atoms in total. The maximum absolute atomic E-state index is 12.7. The van der Waals surface area contributed by atoms with Crippen LogP contribution < -0.4 is 5.73 Å². The van der Waals surface area contributed by atoms with Gasteiger partial charge in [0.15, 0.2) is 0 Å². The lowest BCUT2D eigenvalue weighted by atomic mass is 10.1. The Morgan fingerprint density at radius 2 is 2.16 bits per heavy atom. The summed E-state index contributed by atoms with van der Waals surface area (Å²) in [6, 6.07) is 5.65. The second kappa shape index (κ2) is 5.92. The predicted octanol–water partition coefficient (Wildman–Crippen LogP) is 2.20. The average molecular weight is 326 g/mol. The highest BCUT2D eigenvalue weighted by molar-refractivity contribution is 9.10. The molecule has 1 amide bonds. The van der Waals surface area contributed by atoms with E-state index in [0.29, 0.717) is 15.7 Å². The Morgan fingerprint density at radius 3 is 2.89 bits per heavy atom. The first kappa shape index (κ1) is 14.3. The summed E-state index contributed by atoms with van der Waals surface area (Å²) in [6.45, 7) is 4.84. The lowest BCUT2D eigenvalue weighted by Crippen LogP contribution is -2.42. The third kappa shape index (κ3) is 3.09. The predicted molar refractivity (Wildman–Crippen MR) is 81.2 cm³/mol. The van der Waals surface area contributed by atoms with Crippen molar-refractivity contribution < 1.29 is 4.79 Å². The molecule has 2 rings (SSSR count). The van der Waals surface area contributed by atoms with E-state index in [1.165, 1.54) is 0 Å². The largest absolute Gasteiger partial charge is 0.398 e. The molecule has 19 heavy (non-hydrogen) atoms. The quantitative estimate of drug-likeness (QED) is 0.805. The molecule has 1 unspecified atom stereocenters. The van der Waals surface area contributed by atoms with Crippen LogP contribution in [0.25, 0.3) is 0 Å². The van der Waals surface area contributed by atoms with Crippen molar-refractivity contribution in [1.82, 2.24) is 9.80 Å². The van der Waals surface area contributed by atoms with Gasteiger partial charge in [0.05, 0.1) is 10.0 Å². The molecule has 1 aliphatic heterocycles. The molecule has 1 aromatic rings. The van der Waals surface area contributed by atoms with Gasteiger partial charge in [0.2, 0.25) is 0 Å². The first-order valence-electron chi connectivity index (χ1n) is 6.54. The summed E-state index contributed by atoms with van der Waals surface area (Å²) in [6.07, 6.45) is 1.01. The maximum atomic E-state index is 12.7. The monoisotopic (exact) mass is 325 g/mol. The number of benzene rings is 1. The Kier molecular flexibility index (Phi) is 4.47. The standard InChI is InChI=1S/C14H20BrN3O/c1-10-9-17(2)7-4-8-18(10)14(19)11-5-3-6-12(16)13(11)15/h3,5-6,10H,4,7-9,16H2,1-2H3. The fourth-order valence-corrected chi connectivity index (χ4v) is 2.98. The van der Waals surface area contributed by atoms with Crippen molar-refractivity contribution >= 4 is 27.5 Å². The van der Waals surface area contributed by atoms with Crippen molar-refractivity contribution in [2.45, 2.75) is 19.4 Å². The number of carbonyl (C=O) groups excluding carboxylic acids is 1. The van der Waals surface area contributed by atoms with Gasteiger partial charge in [0.1, 0.15) is 0 Å². The molecule has 104 valence electrons. The third-order valence-corrected chi connectivity index (χ3v) is 4.45. The Hall–Kier alpha value is -1.07. The minimum atomic E-state index is 0.0574. The van der Waals surface area contributed by atoms with E-state index >= 15 is 0 Å². The molecule has 0 radical (unpaired) electrons. The van der Waals surface area contributed by atoms with Crippen LogP contribution in [0, 0.1) is 0 Å². The van der Waals surface area contributed by atoms with Crippen LogP contribution in [0.15, 0.2) is 22.7 Å². The lowest BCUT2D eigenvalue weighted by Gasteiger charge is -2.28. The van der Waals surface area contributed by atoms with Crippen LogP contribution in [0.2, 0.25) is 0 Å². The SMILES string of the molecule is CC1CN(C)CCCN1C(=O)c1cccc(N)c1Br. The third-order valence-electron chi connectivity index (χ3n) is 3.57. The Bertz CT molecular complexity index is 478. The van der Waals surface area contributed by atoms with Gasteiger partial charge in [0, 0.05) is 24.8 Å². The van der Waals surface area contributed by atoms with Gasteiger partial charge in [-0.05, 0) is 55.0 Å². The number of rotatable bonds is 1. The van der Waals surface area contributed by atoms with Crippen LogP contribution in [0.1, 0.15) is 23.7 Å². The van der Waals surface area contributed by atoms with Crippen molar-refractivity contribution in [1.29, 1.82) is 0 Å². The molecule has 1 saturated heterocycles. The number of hydrogen-bond acceptors (Lipinski definition) is 3. The Balaban J connectivity index is 2.25. The van der Waals surface area contributed by atoms with Crippen molar-refractivity contribution in [3.8, 4) is 0 Å². The topological polar surface area (TPSA) is 49.6 Å². The highest BCUT2D eigenvalue weighted by atomic mass is 79.9. The summed E-state index contributed by atoms with van der Waals surface area (Å²) in [5.74, 6) is 0.0574. The minimum Gasteiger partial charge on any atom is -0.398 e. The van der Waals surface area contributed by atoms with E-state index in [4.69, 9.17) is 5.73 Å². The zero-order chi connectivity index (χ0) is 14.0. The number of anilines is 1. The normalized spacial score (nSPS) is 21.2. The molecular formula is C14H20BrN3O. The number of carbonyl (C=O) groups is 1. The Labute approximate surface area is 122 Å². The Morgan fingerprint density at radius 1 is 1.42 bits per heavy atom. The van der Waals surface area contributed by atoms with E-state index in [0.717, 1.165) is 26.1 Å². The van der Waals surface area contributed by atoms with Crippen LogP contribution in [0.5, 0.6) is 0 Å². The van der Waals surface area contributed by atoms with E-state index < -0.39 is 0 Å². The van der Waals surface area contributed by atoms with E-state index in [9.17, 15) is 4.79 Å². The van der Waals surface area contributed by atoms with Gasteiger partial charge in [-0.1, -0.05) is 6.07 Å².